The third-order valence-corrected chi connectivity index (χ3v) is 4.10. The van der Waals surface area contributed by atoms with Crippen LogP contribution in [-0.4, -0.2) is 22.8 Å². The van der Waals surface area contributed by atoms with Crippen molar-refractivity contribution in [3.05, 3.63) is 99.9 Å². The van der Waals surface area contributed by atoms with Gasteiger partial charge >= 0.3 is 0 Å². The first-order valence-corrected chi connectivity index (χ1v) is 8.73. The molecule has 0 saturated carbocycles. The predicted molar refractivity (Wildman–Crippen MR) is 108 cm³/mol. The molecule has 0 fully saturated rings. The Kier molecular flexibility index (Phi) is 6.32. The number of nitro groups is 1. The number of carbonyl (C=O) groups is 1. The third kappa shape index (κ3) is 5.26. The van der Waals surface area contributed by atoms with Crippen LogP contribution in [0.15, 0.2) is 73.1 Å². The number of hydrogen-bond acceptors (Lipinski definition) is 6. The maximum Gasteiger partial charge on any atom is 0.269 e. The highest BCUT2D eigenvalue weighted by atomic mass is 16.6. The molecule has 0 amide bonds. The summed E-state index contributed by atoms with van der Waals surface area (Å²) in [4.78, 5) is 26.3. The molecule has 0 aliphatic rings. The van der Waals surface area contributed by atoms with E-state index in [9.17, 15) is 14.9 Å². The van der Waals surface area contributed by atoms with Crippen LogP contribution in [0.2, 0.25) is 0 Å². The second-order valence-corrected chi connectivity index (χ2v) is 6.06. The highest BCUT2D eigenvalue weighted by Crippen LogP contribution is 2.29. The van der Waals surface area contributed by atoms with E-state index < -0.39 is 4.92 Å². The van der Waals surface area contributed by atoms with Crippen molar-refractivity contribution in [1.82, 2.24) is 4.98 Å². The van der Waals surface area contributed by atoms with Gasteiger partial charge in [-0.3, -0.25) is 19.9 Å². The second-order valence-electron chi connectivity index (χ2n) is 6.06. The van der Waals surface area contributed by atoms with Crippen LogP contribution in [0, 0.1) is 10.1 Å². The molecule has 0 unspecified atom stereocenters. The van der Waals surface area contributed by atoms with Crippen LogP contribution in [0.4, 0.5) is 5.69 Å². The molecule has 0 saturated heterocycles. The SMILES string of the molecule is COc1cc(/C=C/C(=O)c2cccnc2)ccc1OCc1ccc([N+](=O)[O-])cc1. The minimum Gasteiger partial charge on any atom is -0.493 e. The Bertz CT molecular complexity index is 1030. The van der Waals surface area contributed by atoms with Crippen molar-refractivity contribution < 1.29 is 19.2 Å². The number of rotatable bonds is 8. The van der Waals surface area contributed by atoms with E-state index in [1.807, 2.05) is 0 Å². The summed E-state index contributed by atoms with van der Waals surface area (Å²) in [5.41, 5.74) is 2.12. The molecular weight excluding hydrogens is 372 g/mol. The summed E-state index contributed by atoms with van der Waals surface area (Å²) in [6.45, 7) is 0.239. The van der Waals surface area contributed by atoms with Crippen LogP contribution in [0.5, 0.6) is 11.5 Å². The van der Waals surface area contributed by atoms with Gasteiger partial charge in [0.1, 0.15) is 6.61 Å². The summed E-state index contributed by atoms with van der Waals surface area (Å²) in [7, 11) is 1.53. The van der Waals surface area contributed by atoms with E-state index in [1.54, 1.807) is 54.7 Å². The number of methoxy groups -OCH3 is 1. The Balaban J connectivity index is 1.67. The number of allylic oxidation sites excluding steroid dienone is 1. The molecule has 0 aliphatic carbocycles. The van der Waals surface area contributed by atoms with Gasteiger partial charge < -0.3 is 9.47 Å². The number of hydrogen-bond donors (Lipinski definition) is 0. The molecule has 3 rings (SSSR count). The fraction of sp³-hybridized carbons (Fsp3) is 0.0909. The standard InChI is InChI=1S/C22H18N2O5/c1-28-22-13-16(6-10-20(25)18-3-2-12-23-14-18)7-11-21(22)29-15-17-4-8-19(9-5-17)24(26)27/h2-14H,15H2,1H3/b10-6+. The average molecular weight is 390 g/mol. The normalized spacial score (nSPS) is 10.7. The molecular formula is C22H18N2O5. The van der Waals surface area contributed by atoms with E-state index >= 15 is 0 Å². The summed E-state index contributed by atoms with van der Waals surface area (Å²) in [6.07, 6.45) is 6.30. The van der Waals surface area contributed by atoms with Crippen molar-refractivity contribution >= 4 is 17.5 Å². The molecule has 0 atom stereocenters. The zero-order valence-electron chi connectivity index (χ0n) is 15.6. The summed E-state index contributed by atoms with van der Waals surface area (Å²) < 4.78 is 11.1. The molecule has 7 heteroatoms. The largest absolute Gasteiger partial charge is 0.493 e. The summed E-state index contributed by atoms with van der Waals surface area (Å²) in [5, 5.41) is 10.7. The molecule has 3 aromatic rings. The van der Waals surface area contributed by atoms with Crippen LogP contribution in [0.1, 0.15) is 21.5 Å². The van der Waals surface area contributed by atoms with E-state index in [4.69, 9.17) is 9.47 Å². The molecule has 0 bridgehead atoms. The van der Waals surface area contributed by atoms with Crippen LogP contribution in [0.25, 0.3) is 6.08 Å². The Morgan fingerprint density at radius 1 is 1.14 bits per heavy atom. The summed E-state index contributed by atoms with van der Waals surface area (Å²) in [5.74, 6) is 0.903. The topological polar surface area (TPSA) is 91.6 Å². The Hall–Kier alpha value is -4.00. The smallest absolute Gasteiger partial charge is 0.269 e. The minimum absolute atomic E-state index is 0.0308. The molecule has 0 radical (unpaired) electrons. The van der Waals surface area contributed by atoms with Crippen molar-refractivity contribution in [3.63, 3.8) is 0 Å². The number of nitro benzene ring substituents is 1. The van der Waals surface area contributed by atoms with Crippen molar-refractivity contribution in [2.75, 3.05) is 7.11 Å². The number of non-ortho nitro benzene ring substituents is 1. The van der Waals surface area contributed by atoms with Gasteiger partial charge in [0.25, 0.3) is 5.69 Å². The quantitative estimate of drug-likeness (QED) is 0.244. The zero-order valence-corrected chi connectivity index (χ0v) is 15.6. The van der Waals surface area contributed by atoms with Gasteiger partial charge in [0.05, 0.1) is 12.0 Å². The lowest BCUT2D eigenvalue weighted by Gasteiger charge is -2.11. The minimum atomic E-state index is -0.445. The number of pyridine rings is 1. The van der Waals surface area contributed by atoms with E-state index in [2.05, 4.69) is 4.98 Å². The molecule has 0 aliphatic heterocycles. The average Bonchev–Trinajstić information content (AvgIpc) is 2.77. The van der Waals surface area contributed by atoms with Crippen molar-refractivity contribution in [2.24, 2.45) is 0 Å². The van der Waals surface area contributed by atoms with E-state index in [0.717, 1.165) is 11.1 Å². The third-order valence-electron chi connectivity index (χ3n) is 4.10. The number of ether oxygens (including phenoxy) is 2. The molecule has 0 N–H and O–H groups in total. The molecule has 0 spiro atoms. The highest BCUT2D eigenvalue weighted by molar-refractivity contribution is 6.06. The van der Waals surface area contributed by atoms with Gasteiger partial charge in [-0.2, -0.15) is 0 Å². The number of aromatic nitrogens is 1. The first kappa shape index (κ1) is 19.8. The van der Waals surface area contributed by atoms with Gasteiger partial charge in [0, 0.05) is 30.1 Å². The Morgan fingerprint density at radius 3 is 2.59 bits per heavy atom. The predicted octanol–water partition coefficient (Wildman–Crippen LogP) is 4.47. The number of ketones is 1. The molecule has 1 heterocycles. The van der Waals surface area contributed by atoms with Crippen LogP contribution >= 0.6 is 0 Å². The van der Waals surface area contributed by atoms with E-state index in [0.29, 0.717) is 17.1 Å². The monoisotopic (exact) mass is 390 g/mol. The summed E-state index contributed by atoms with van der Waals surface area (Å²) in [6, 6.07) is 14.9. The molecule has 29 heavy (non-hydrogen) atoms. The Morgan fingerprint density at radius 2 is 1.93 bits per heavy atom. The van der Waals surface area contributed by atoms with Gasteiger partial charge in [-0.25, -0.2) is 0 Å². The molecule has 2 aromatic carbocycles. The van der Waals surface area contributed by atoms with Crippen molar-refractivity contribution in [3.8, 4) is 11.5 Å². The lowest BCUT2D eigenvalue weighted by molar-refractivity contribution is -0.384. The Labute approximate surface area is 167 Å². The van der Waals surface area contributed by atoms with Gasteiger partial charge in [0.15, 0.2) is 17.3 Å². The van der Waals surface area contributed by atoms with Crippen molar-refractivity contribution in [1.29, 1.82) is 0 Å². The molecule has 146 valence electrons. The number of carbonyl (C=O) groups excluding carboxylic acids is 1. The zero-order chi connectivity index (χ0) is 20.6. The van der Waals surface area contributed by atoms with Crippen molar-refractivity contribution in [2.45, 2.75) is 6.61 Å². The van der Waals surface area contributed by atoms with E-state index in [-0.39, 0.29) is 18.1 Å². The first-order valence-electron chi connectivity index (χ1n) is 8.73. The van der Waals surface area contributed by atoms with Gasteiger partial charge in [-0.1, -0.05) is 12.1 Å². The fourth-order valence-electron chi connectivity index (χ4n) is 2.56. The van der Waals surface area contributed by atoms with Crippen LogP contribution in [-0.2, 0) is 6.61 Å². The first-order chi connectivity index (χ1) is 14.1. The van der Waals surface area contributed by atoms with Crippen LogP contribution < -0.4 is 9.47 Å². The number of benzene rings is 2. The lowest BCUT2D eigenvalue weighted by Crippen LogP contribution is -1.98. The second kappa shape index (κ2) is 9.27. The number of nitrogens with zero attached hydrogens (tertiary/aromatic N) is 2. The molecule has 1 aromatic heterocycles. The maximum atomic E-state index is 12.1. The fourth-order valence-corrected chi connectivity index (χ4v) is 2.56. The molecule has 7 nitrogen and oxygen atoms in total. The van der Waals surface area contributed by atoms with Gasteiger partial charge in [0.2, 0.25) is 0 Å². The highest BCUT2D eigenvalue weighted by Gasteiger charge is 2.08. The van der Waals surface area contributed by atoms with Gasteiger partial charge in [-0.05, 0) is 53.6 Å². The van der Waals surface area contributed by atoms with Crippen LogP contribution in [0.3, 0.4) is 0 Å². The van der Waals surface area contributed by atoms with E-state index in [1.165, 1.54) is 31.5 Å². The maximum absolute atomic E-state index is 12.1. The summed E-state index contributed by atoms with van der Waals surface area (Å²) >= 11 is 0. The lowest BCUT2D eigenvalue weighted by atomic mass is 10.1. The van der Waals surface area contributed by atoms with Gasteiger partial charge in [-0.15, -0.1) is 0 Å².